The third-order valence-electron chi connectivity index (χ3n) is 0.888. The van der Waals surface area contributed by atoms with Gasteiger partial charge in [0.25, 0.3) is 0 Å². The molecule has 0 saturated carbocycles. The average molecular weight is 242 g/mol. The van der Waals surface area contributed by atoms with Gasteiger partial charge in [0.05, 0.1) is 0 Å². The van der Waals surface area contributed by atoms with E-state index in [1.165, 1.54) is 17.3 Å². The highest BCUT2D eigenvalue weighted by Gasteiger charge is 1.86. The van der Waals surface area contributed by atoms with Crippen molar-refractivity contribution >= 4 is 31.9 Å². The maximum atomic E-state index is 3.39. The summed E-state index contributed by atoms with van der Waals surface area (Å²) in [6.45, 7) is 2.19. The van der Waals surface area contributed by atoms with E-state index in [0.717, 1.165) is 6.42 Å². The molecule has 0 saturated heterocycles. The molecule has 0 radical (unpaired) electrons. The predicted molar refractivity (Wildman–Crippen MR) is 45.5 cm³/mol. The summed E-state index contributed by atoms with van der Waals surface area (Å²) < 4.78 is 1.25. The van der Waals surface area contributed by atoms with Crippen molar-refractivity contribution in [1.29, 1.82) is 0 Å². The standard InChI is InChI=1S/C6H10Br2/c1-2-3-4-6(8)5-7/h5H,2-4H2,1H3/b6-5-. The maximum Gasteiger partial charge on any atom is 0.00197 e. The van der Waals surface area contributed by atoms with Crippen LogP contribution < -0.4 is 0 Å². The van der Waals surface area contributed by atoms with Crippen LogP contribution in [0, 0.1) is 0 Å². The van der Waals surface area contributed by atoms with Crippen LogP contribution in [0.5, 0.6) is 0 Å². The second kappa shape index (κ2) is 5.83. The Balaban J connectivity index is 3.12. The molecule has 48 valence electrons. The minimum atomic E-state index is 1.15. The minimum absolute atomic E-state index is 1.15. The van der Waals surface area contributed by atoms with Gasteiger partial charge in [-0.25, -0.2) is 0 Å². The zero-order valence-electron chi connectivity index (χ0n) is 4.95. The molecular weight excluding hydrogens is 232 g/mol. The molecule has 0 unspecified atom stereocenters. The first-order chi connectivity index (χ1) is 3.81. The van der Waals surface area contributed by atoms with Gasteiger partial charge in [0.1, 0.15) is 0 Å². The van der Waals surface area contributed by atoms with Gasteiger partial charge < -0.3 is 0 Å². The monoisotopic (exact) mass is 240 g/mol. The lowest BCUT2D eigenvalue weighted by Gasteiger charge is -1.91. The van der Waals surface area contributed by atoms with Crippen LogP contribution in [-0.2, 0) is 0 Å². The van der Waals surface area contributed by atoms with Crippen LogP contribution in [0.25, 0.3) is 0 Å². The summed E-state index contributed by atoms with van der Waals surface area (Å²) in [6, 6.07) is 0. The van der Waals surface area contributed by atoms with Gasteiger partial charge in [-0.2, -0.15) is 0 Å². The normalized spacial score (nSPS) is 12.1. The minimum Gasteiger partial charge on any atom is -0.0654 e. The SMILES string of the molecule is CCCC/C(Br)=C/Br. The van der Waals surface area contributed by atoms with Gasteiger partial charge in [0, 0.05) is 4.48 Å². The summed E-state index contributed by atoms with van der Waals surface area (Å²) >= 11 is 6.63. The van der Waals surface area contributed by atoms with Gasteiger partial charge in [-0.1, -0.05) is 45.2 Å². The van der Waals surface area contributed by atoms with Crippen molar-refractivity contribution in [2.24, 2.45) is 0 Å². The second-order valence-corrected chi connectivity index (χ2v) is 3.14. The van der Waals surface area contributed by atoms with E-state index in [2.05, 4.69) is 38.8 Å². The molecule has 0 aromatic heterocycles. The highest BCUT2D eigenvalue weighted by molar-refractivity contribution is 9.14. The number of hydrogen-bond donors (Lipinski definition) is 0. The molecule has 0 bridgehead atoms. The van der Waals surface area contributed by atoms with E-state index in [-0.39, 0.29) is 0 Å². The molecule has 0 aromatic rings. The van der Waals surface area contributed by atoms with Crippen LogP contribution in [0.15, 0.2) is 9.47 Å². The molecule has 8 heavy (non-hydrogen) atoms. The van der Waals surface area contributed by atoms with E-state index in [9.17, 15) is 0 Å². The molecule has 0 nitrogen and oxygen atoms in total. The third kappa shape index (κ3) is 4.85. The summed E-state index contributed by atoms with van der Waals surface area (Å²) in [5, 5.41) is 0. The first-order valence-electron chi connectivity index (χ1n) is 2.76. The van der Waals surface area contributed by atoms with Crippen molar-refractivity contribution in [1.82, 2.24) is 0 Å². The topological polar surface area (TPSA) is 0 Å². The smallest absolute Gasteiger partial charge is 0.00197 e. The molecule has 0 fully saturated rings. The van der Waals surface area contributed by atoms with E-state index < -0.39 is 0 Å². The van der Waals surface area contributed by atoms with Crippen LogP contribution in [0.4, 0.5) is 0 Å². The lowest BCUT2D eigenvalue weighted by Crippen LogP contribution is -1.69. The quantitative estimate of drug-likeness (QED) is 0.705. The Hall–Kier alpha value is 0.700. The molecule has 0 atom stereocenters. The van der Waals surface area contributed by atoms with Crippen LogP contribution in [0.2, 0.25) is 0 Å². The lowest BCUT2D eigenvalue weighted by atomic mass is 10.2. The van der Waals surface area contributed by atoms with Gasteiger partial charge in [0.2, 0.25) is 0 Å². The van der Waals surface area contributed by atoms with Gasteiger partial charge in [-0.3, -0.25) is 0 Å². The lowest BCUT2D eigenvalue weighted by molar-refractivity contribution is 0.811. The third-order valence-corrected chi connectivity index (χ3v) is 2.68. The fourth-order valence-corrected chi connectivity index (χ4v) is 0.909. The van der Waals surface area contributed by atoms with Crippen LogP contribution in [-0.4, -0.2) is 0 Å². The Morgan fingerprint density at radius 1 is 1.62 bits per heavy atom. The maximum absolute atomic E-state index is 3.39. The average Bonchev–Trinajstić information content (AvgIpc) is 1.83. The molecule has 0 spiro atoms. The number of hydrogen-bond acceptors (Lipinski definition) is 0. The largest absolute Gasteiger partial charge is 0.0654 e. The molecule has 0 N–H and O–H groups in total. The zero-order chi connectivity index (χ0) is 6.41. The molecule has 0 aliphatic carbocycles. The number of rotatable bonds is 3. The Bertz CT molecular complexity index is 76.6. The first-order valence-corrected chi connectivity index (χ1v) is 4.47. The summed E-state index contributed by atoms with van der Waals surface area (Å²) in [7, 11) is 0. The van der Waals surface area contributed by atoms with Crippen molar-refractivity contribution in [2.45, 2.75) is 26.2 Å². The number of allylic oxidation sites excluding steroid dienone is 1. The van der Waals surface area contributed by atoms with Crippen LogP contribution >= 0.6 is 31.9 Å². The molecule has 2 heteroatoms. The molecule has 0 aliphatic heterocycles. The summed E-state index contributed by atoms with van der Waals surface area (Å²) in [4.78, 5) is 1.92. The molecule has 0 amide bonds. The van der Waals surface area contributed by atoms with Crippen LogP contribution in [0.3, 0.4) is 0 Å². The molecule has 0 aliphatic rings. The van der Waals surface area contributed by atoms with Gasteiger partial charge in [-0.15, -0.1) is 0 Å². The zero-order valence-corrected chi connectivity index (χ0v) is 8.13. The van der Waals surface area contributed by atoms with Crippen molar-refractivity contribution < 1.29 is 0 Å². The van der Waals surface area contributed by atoms with E-state index in [4.69, 9.17) is 0 Å². The highest BCUT2D eigenvalue weighted by atomic mass is 79.9. The first kappa shape index (κ1) is 8.70. The Kier molecular flexibility index (Phi) is 6.34. The second-order valence-electron chi connectivity index (χ2n) is 1.66. The van der Waals surface area contributed by atoms with E-state index in [1.807, 2.05) is 4.99 Å². The van der Waals surface area contributed by atoms with Crippen molar-refractivity contribution in [2.75, 3.05) is 0 Å². The highest BCUT2D eigenvalue weighted by Crippen LogP contribution is 2.15. The van der Waals surface area contributed by atoms with Gasteiger partial charge in [0.15, 0.2) is 0 Å². The van der Waals surface area contributed by atoms with E-state index in [1.54, 1.807) is 0 Å². The Morgan fingerprint density at radius 2 is 2.25 bits per heavy atom. The summed E-state index contributed by atoms with van der Waals surface area (Å²) in [6.07, 6.45) is 3.68. The van der Waals surface area contributed by atoms with Crippen molar-refractivity contribution in [3.63, 3.8) is 0 Å². The van der Waals surface area contributed by atoms with Crippen molar-refractivity contribution in [3.05, 3.63) is 9.47 Å². The van der Waals surface area contributed by atoms with E-state index in [0.29, 0.717) is 0 Å². The van der Waals surface area contributed by atoms with Gasteiger partial charge in [-0.05, 0) is 17.8 Å². The molecule has 0 heterocycles. The molecule has 0 aromatic carbocycles. The van der Waals surface area contributed by atoms with Crippen LogP contribution in [0.1, 0.15) is 26.2 Å². The predicted octanol–water partition coefficient (Wildman–Crippen LogP) is 3.81. The van der Waals surface area contributed by atoms with Gasteiger partial charge >= 0.3 is 0 Å². The summed E-state index contributed by atoms with van der Waals surface area (Å²) in [5.74, 6) is 0. The fourth-order valence-electron chi connectivity index (χ4n) is 0.400. The number of unbranched alkanes of at least 4 members (excludes halogenated alkanes) is 1. The van der Waals surface area contributed by atoms with Crippen molar-refractivity contribution in [3.8, 4) is 0 Å². The summed E-state index contributed by atoms with van der Waals surface area (Å²) in [5.41, 5.74) is 0. The Labute approximate surface area is 67.6 Å². The molecular formula is C6H10Br2. The Morgan fingerprint density at radius 3 is 2.62 bits per heavy atom. The number of halogens is 2. The molecule has 0 rings (SSSR count). The fraction of sp³-hybridized carbons (Fsp3) is 0.667. The van der Waals surface area contributed by atoms with E-state index >= 15 is 0 Å².